The Morgan fingerprint density at radius 2 is 1.15 bits per heavy atom. The van der Waals surface area contributed by atoms with Crippen LogP contribution < -0.4 is 0 Å². The molecule has 11 heteroatoms. The van der Waals surface area contributed by atoms with Crippen LogP contribution in [0.1, 0.15) is 25.4 Å². The first kappa shape index (κ1) is 26.3. The molecule has 0 spiro atoms. The van der Waals surface area contributed by atoms with E-state index in [4.69, 9.17) is 34.1 Å². The molecule has 0 saturated heterocycles. The molecule has 2 aromatic rings. The molecule has 0 aliphatic rings. The molecule has 0 bridgehead atoms. The Kier molecular flexibility index (Phi) is 14.9. The minimum atomic E-state index is 0. The predicted octanol–water partition coefficient (Wildman–Crippen LogP) is 4.54. The summed E-state index contributed by atoms with van der Waals surface area (Å²) in [6.45, 7) is 3.65. The van der Waals surface area contributed by atoms with Crippen LogP contribution in [0.25, 0.3) is 0 Å². The summed E-state index contributed by atoms with van der Waals surface area (Å²) >= 11 is 12.5. The Morgan fingerprint density at radius 3 is 1.41 bits per heavy atom. The molecule has 0 saturated carbocycles. The van der Waals surface area contributed by atoms with Crippen molar-refractivity contribution in [2.75, 3.05) is 12.5 Å². The molecule has 0 amide bonds. The minimum absolute atomic E-state index is 0. The molecule has 2 rings (SSSR count). The van der Waals surface area contributed by atoms with Crippen molar-refractivity contribution < 1.29 is 36.1 Å². The van der Waals surface area contributed by atoms with Gasteiger partial charge >= 0.3 is 27.3 Å². The second-order valence-electron chi connectivity index (χ2n) is 4.47. The van der Waals surface area contributed by atoms with E-state index in [0.717, 1.165) is 11.4 Å². The monoisotopic (exact) mass is 540 g/mol. The summed E-state index contributed by atoms with van der Waals surface area (Å²) in [6, 6.07) is 7.27. The van der Waals surface area contributed by atoms with Gasteiger partial charge in [-0.3, -0.25) is 0 Å². The summed E-state index contributed by atoms with van der Waals surface area (Å²) in [6.07, 6.45) is 6.93. The van der Waals surface area contributed by atoms with Gasteiger partial charge in [-0.2, -0.15) is 20.4 Å². The second kappa shape index (κ2) is 15.3. The van der Waals surface area contributed by atoms with E-state index in [9.17, 15) is 0 Å². The van der Waals surface area contributed by atoms with Crippen molar-refractivity contribution in [2.24, 2.45) is 20.4 Å². The minimum Gasteiger partial charge on any atom is -0.752 e. The van der Waals surface area contributed by atoms with Crippen LogP contribution in [0.2, 0.25) is 0 Å². The fourth-order valence-corrected chi connectivity index (χ4v) is 1.71. The Morgan fingerprint density at radius 1 is 0.778 bits per heavy atom. The van der Waals surface area contributed by atoms with E-state index in [-0.39, 0.29) is 27.3 Å². The van der Waals surface area contributed by atoms with Crippen LogP contribution in [0, 0.1) is 0 Å². The Bertz CT molecular complexity index is 706. The molecule has 0 N–H and O–H groups in total. The van der Waals surface area contributed by atoms with Crippen molar-refractivity contribution in [3.8, 4) is 0 Å². The number of thioether (sulfide) groups is 2. The molecule has 2 heterocycles. The SMILES string of the molecule is CS/C([S-])=N/N=C(\C)c1ccco1.CS/C([S-])=N/N=C(\C)c1ccco1.[Cd+2]. The Hall–Kier alpha value is -0.698. The van der Waals surface area contributed by atoms with E-state index in [0.29, 0.717) is 20.3 Å². The Labute approximate surface area is 198 Å². The van der Waals surface area contributed by atoms with Gasteiger partial charge in [0, 0.05) is 0 Å². The van der Waals surface area contributed by atoms with Crippen molar-refractivity contribution >= 4 is 69.0 Å². The molecule has 0 fully saturated rings. The van der Waals surface area contributed by atoms with Gasteiger partial charge in [-0.25, -0.2) is 0 Å². The third kappa shape index (κ3) is 11.0. The zero-order valence-electron chi connectivity index (χ0n) is 15.4. The molecule has 0 aliphatic carbocycles. The number of rotatable bonds is 4. The number of nitrogens with zero attached hydrogens (tertiary/aromatic N) is 4. The van der Waals surface area contributed by atoms with E-state index < -0.39 is 0 Å². The van der Waals surface area contributed by atoms with Crippen molar-refractivity contribution in [1.29, 1.82) is 0 Å². The third-order valence-corrected chi connectivity index (χ3v) is 4.69. The summed E-state index contributed by atoms with van der Waals surface area (Å²) in [5, 5.41) is 15.5. The summed E-state index contributed by atoms with van der Waals surface area (Å²) in [7, 11) is 0. The standard InChI is InChI=1S/2C8H10N2OS2.Cd/c2*1-6(7-4-3-5-11-7)9-10-8(12)13-2;/h2*3-5H,1-2H3,(H,10,12);/q;;+2/p-2/b2*9-6+;. The van der Waals surface area contributed by atoms with E-state index in [2.05, 4.69) is 20.4 Å². The van der Waals surface area contributed by atoms with Crippen molar-refractivity contribution in [2.45, 2.75) is 13.8 Å². The van der Waals surface area contributed by atoms with Crippen molar-refractivity contribution in [1.82, 2.24) is 0 Å². The Balaban J connectivity index is 0.000000483. The summed E-state index contributed by atoms with van der Waals surface area (Å²) in [5.41, 5.74) is 1.45. The van der Waals surface area contributed by atoms with Gasteiger partial charge in [0.05, 0.1) is 12.5 Å². The molecule has 0 aromatic carbocycles. The van der Waals surface area contributed by atoms with Crippen LogP contribution in [0.15, 0.2) is 66.0 Å². The van der Waals surface area contributed by atoms with E-state index in [1.165, 1.54) is 23.5 Å². The van der Waals surface area contributed by atoms with Crippen molar-refractivity contribution in [3.63, 3.8) is 0 Å². The van der Waals surface area contributed by atoms with Crippen LogP contribution in [0.5, 0.6) is 0 Å². The summed E-state index contributed by atoms with van der Waals surface area (Å²) in [5.74, 6) is 1.43. The van der Waals surface area contributed by atoms with Gasteiger partial charge in [-0.15, -0.1) is 23.5 Å². The average Bonchev–Trinajstić information content (AvgIpc) is 3.37. The number of hydrogen-bond donors (Lipinski definition) is 0. The van der Waals surface area contributed by atoms with Crippen LogP contribution in [0.4, 0.5) is 0 Å². The molecule has 27 heavy (non-hydrogen) atoms. The second-order valence-corrected chi connectivity index (χ2v) is 7.35. The molecular weight excluding hydrogens is 521 g/mol. The first-order valence-corrected chi connectivity index (χ1v) is 10.5. The largest absolute Gasteiger partial charge is 2.00 e. The molecule has 0 radical (unpaired) electrons. The van der Waals surface area contributed by atoms with E-state index >= 15 is 0 Å². The predicted molar refractivity (Wildman–Crippen MR) is 118 cm³/mol. The maximum Gasteiger partial charge on any atom is 2.00 e. The third-order valence-electron chi connectivity index (χ3n) is 2.67. The van der Waals surface area contributed by atoms with Gasteiger partial charge in [0.15, 0.2) is 0 Å². The molecular formula is C16H18CdN4O2S4. The molecule has 0 aliphatic heterocycles. The van der Waals surface area contributed by atoms with Crippen LogP contribution in [-0.2, 0) is 52.6 Å². The molecule has 2 aromatic heterocycles. The fourth-order valence-electron chi connectivity index (χ4n) is 1.38. The van der Waals surface area contributed by atoms with Crippen LogP contribution >= 0.6 is 23.5 Å². The number of furan rings is 2. The first-order valence-electron chi connectivity index (χ1n) is 7.22. The van der Waals surface area contributed by atoms with Gasteiger partial charge in [0.2, 0.25) is 0 Å². The van der Waals surface area contributed by atoms with Gasteiger partial charge < -0.3 is 34.1 Å². The van der Waals surface area contributed by atoms with Crippen LogP contribution in [0.3, 0.4) is 0 Å². The first-order chi connectivity index (χ1) is 12.5. The molecule has 0 atom stereocenters. The average molecular weight is 539 g/mol. The zero-order chi connectivity index (χ0) is 19.4. The maximum absolute atomic E-state index is 5.12. The topological polar surface area (TPSA) is 75.7 Å². The van der Waals surface area contributed by atoms with E-state index in [1.807, 2.05) is 38.5 Å². The molecule has 6 nitrogen and oxygen atoms in total. The summed E-state index contributed by atoms with van der Waals surface area (Å²) in [4.78, 5) is 0. The van der Waals surface area contributed by atoms with Gasteiger partial charge in [0.25, 0.3) is 0 Å². The quantitative estimate of drug-likeness (QED) is 0.187. The van der Waals surface area contributed by atoms with Crippen LogP contribution in [-0.4, -0.2) is 32.7 Å². The smallest absolute Gasteiger partial charge is 0.752 e. The normalized spacial score (nSPS) is 12.9. The van der Waals surface area contributed by atoms with E-state index in [1.54, 1.807) is 24.7 Å². The number of hydrogen-bond acceptors (Lipinski definition) is 10. The fraction of sp³-hybridized carbons (Fsp3) is 0.250. The van der Waals surface area contributed by atoms with Crippen molar-refractivity contribution in [3.05, 3.63) is 48.3 Å². The zero-order valence-corrected chi connectivity index (χ0v) is 22.7. The van der Waals surface area contributed by atoms with Gasteiger partial charge in [-0.1, -0.05) is 0 Å². The summed E-state index contributed by atoms with van der Waals surface area (Å²) < 4.78 is 11.3. The molecule has 140 valence electrons. The molecule has 0 unspecified atom stereocenters. The van der Waals surface area contributed by atoms with Gasteiger partial charge in [-0.05, 0) is 59.4 Å². The van der Waals surface area contributed by atoms with Gasteiger partial charge in [0.1, 0.15) is 22.9 Å². The maximum atomic E-state index is 5.12.